The molecule has 0 bridgehead atoms. The molecule has 126 valence electrons. The van der Waals surface area contributed by atoms with Gasteiger partial charge in [0.25, 0.3) is 11.6 Å². The molecule has 0 saturated heterocycles. The first-order valence-corrected chi connectivity index (χ1v) is 8.02. The van der Waals surface area contributed by atoms with Gasteiger partial charge < -0.3 is 10.6 Å². The zero-order valence-corrected chi connectivity index (χ0v) is 13.3. The number of benzene rings is 1. The molecule has 1 amide bonds. The Morgan fingerprint density at radius 3 is 2.38 bits per heavy atom. The first kappa shape index (κ1) is 17.5. The SMILES string of the molecule is N#C/C(=C/NC1CCCCCC1)C(=O)Nc1ccc([N+](=O)[O-])cc1. The highest BCUT2D eigenvalue weighted by atomic mass is 16.6. The van der Waals surface area contributed by atoms with Crippen molar-refractivity contribution in [2.45, 2.75) is 44.6 Å². The molecule has 0 heterocycles. The van der Waals surface area contributed by atoms with Crippen molar-refractivity contribution >= 4 is 17.3 Å². The van der Waals surface area contributed by atoms with E-state index >= 15 is 0 Å². The fraction of sp³-hybridized carbons (Fsp3) is 0.412. The summed E-state index contributed by atoms with van der Waals surface area (Å²) < 4.78 is 0. The van der Waals surface area contributed by atoms with E-state index in [1.165, 1.54) is 43.3 Å². The number of hydrogen-bond donors (Lipinski definition) is 2. The van der Waals surface area contributed by atoms with E-state index in [1.54, 1.807) is 0 Å². The number of nitro groups is 1. The minimum atomic E-state index is -0.535. The molecule has 1 saturated carbocycles. The molecule has 7 nitrogen and oxygen atoms in total. The van der Waals surface area contributed by atoms with Gasteiger partial charge in [-0.05, 0) is 25.0 Å². The molecule has 0 spiro atoms. The molecule has 7 heteroatoms. The second-order valence-corrected chi connectivity index (χ2v) is 5.78. The monoisotopic (exact) mass is 328 g/mol. The molecule has 0 aromatic heterocycles. The van der Waals surface area contributed by atoms with Crippen LogP contribution in [-0.4, -0.2) is 16.9 Å². The van der Waals surface area contributed by atoms with Gasteiger partial charge in [0.05, 0.1) is 4.92 Å². The highest BCUT2D eigenvalue weighted by Gasteiger charge is 2.14. The van der Waals surface area contributed by atoms with Crippen molar-refractivity contribution in [3.63, 3.8) is 0 Å². The van der Waals surface area contributed by atoms with Crippen LogP contribution in [0.3, 0.4) is 0 Å². The Hall–Kier alpha value is -2.88. The standard InChI is InChI=1S/C17H20N4O3/c18-11-13(12-19-14-5-3-1-2-4-6-14)17(22)20-15-7-9-16(10-8-15)21(23)24/h7-10,12,14,19H,1-6H2,(H,20,22)/b13-12-. The van der Waals surface area contributed by atoms with Crippen molar-refractivity contribution in [1.82, 2.24) is 5.32 Å². The minimum Gasteiger partial charge on any atom is -0.387 e. The lowest BCUT2D eigenvalue weighted by Crippen LogP contribution is -2.25. The summed E-state index contributed by atoms with van der Waals surface area (Å²) in [7, 11) is 0. The van der Waals surface area contributed by atoms with Crippen LogP contribution < -0.4 is 10.6 Å². The predicted molar refractivity (Wildman–Crippen MR) is 90.0 cm³/mol. The van der Waals surface area contributed by atoms with Gasteiger partial charge in [-0.25, -0.2) is 0 Å². The minimum absolute atomic E-state index is 0.0161. The van der Waals surface area contributed by atoms with Gasteiger partial charge in [-0.15, -0.1) is 0 Å². The number of carbonyl (C=O) groups excluding carboxylic acids is 1. The summed E-state index contributed by atoms with van der Waals surface area (Å²) in [6.45, 7) is 0. The summed E-state index contributed by atoms with van der Waals surface area (Å²) in [5, 5.41) is 25.5. The quantitative estimate of drug-likeness (QED) is 0.283. The zero-order valence-electron chi connectivity index (χ0n) is 13.3. The van der Waals surface area contributed by atoms with Crippen molar-refractivity contribution in [2.24, 2.45) is 0 Å². The fourth-order valence-electron chi connectivity index (χ4n) is 2.66. The van der Waals surface area contributed by atoms with Crippen LogP contribution in [0, 0.1) is 21.4 Å². The Morgan fingerprint density at radius 1 is 1.21 bits per heavy atom. The molecule has 1 fully saturated rings. The van der Waals surface area contributed by atoms with E-state index in [0.717, 1.165) is 25.7 Å². The molecular weight excluding hydrogens is 308 g/mol. The number of nitrogens with one attached hydrogen (secondary N) is 2. The van der Waals surface area contributed by atoms with Gasteiger partial charge in [0.2, 0.25) is 0 Å². The summed E-state index contributed by atoms with van der Waals surface area (Å²) >= 11 is 0. The van der Waals surface area contributed by atoms with Crippen LogP contribution in [0.4, 0.5) is 11.4 Å². The molecule has 1 aliphatic rings. The maximum atomic E-state index is 12.1. The lowest BCUT2D eigenvalue weighted by molar-refractivity contribution is -0.384. The third-order valence-electron chi connectivity index (χ3n) is 4.02. The lowest BCUT2D eigenvalue weighted by Gasteiger charge is -2.14. The van der Waals surface area contributed by atoms with Crippen LogP contribution in [0.15, 0.2) is 36.0 Å². The Bertz CT molecular complexity index is 653. The van der Waals surface area contributed by atoms with Crippen molar-refractivity contribution in [3.05, 3.63) is 46.2 Å². The van der Waals surface area contributed by atoms with Gasteiger partial charge in [0.15, 0.2) is 0 Å². The third kappa shape index (κ3) is 5.09. The number of amides is 1. The number of nitro benzene ring substituents is 1. The summed E-state index contributed by atoms with van der Waals surface area (Å²) in [4.78, 5) is 22.2. The van der Waals surface area contributed by atoms with E-state index in [2.05, 4.69) is 10.6 Å². The fourth-order valence-corrected chi connectivity index (χ4v) is 2.66. The molecular formula is C17H20N4O3. The zero-order chi connectivity index (χ0) is 17.4. The first-order valence-electron chi connectivity index (χ1n) is 8.02. The van der Waals surface area contributed by atoms with Gasteiger partial charge in [-0.3, -0.25) is 14.9 Å². The summed E-state index contributed by atoms with van der Waals surface area (Å²) in [5.74, 6) is -0.535. The first-order chi connectivity index (χ1) is 11.6. The molecule has 0 aliphatic heterocycles. The smallest absolute Gasteiger partial charge is 0.269 e. The van der Waals surface area contributed by atoms with Crippen molar-refractivity contribution < 1.29 is 9.72 Å². The van der Waals surface area contributed by atoms with E-state index in [1.807, 2.05) is 6.07 Å². The number of hydrogen-bond acceptors (Lipinski definition) is 5. The molecule has 2 N–H and O–H groups in total. The van der Waals surface area contributed by atoms with Crippen molar-refractivity contribution in [1.29, 1.82) is 5.26 Å². The third-order valence-corrected chi connectivity index (χ3v) is 4.02. The van der Waals surface area contributed by atoms with Crippen LogP contribution in [0.1, 0.15) is 38.5 Å². The summed E-state index contributed by atoms with van der Waals surface area (Å²) in [6.07, 6.45) is 8.32. The van der Waals surface area contributed by atoms with Crippen LogP contribution >= 0.6 is 0 Å². The van der Waals surface area contributed by atoms with Crippen LogP contribution in [-0.2, 0) is 4.79 Å². The van der Waals surface area contributed by atoms with Gasteiger partial charge in [0, 0.05) is 30.1 Å². The molecule has 2 rings (SSSR count). The summed E-state index contributed by atoms with van der Waals surface area (Å²) in [6, 6.07) is 7.65. The normalized spacial score (nSPS) is 15.9. The maximum Gasteiger partial charge on any atom is 0.269 e. The molecule has 1 aromatic carbocycles. The molecule has 0 atom stereocenters. The van der Waals surface area contributed by atoms with E-state index < -0.39 is 10.8 Å². The number of nitrogens with zero attached hydrogens (tertiary/aromatic N) is 2. The van der Waals surface area contributed by atoms with Gasteiger partial charge in [0.1, 0.15) is 11.6 Å². The van der Waals surface area contributed by atoms with E-state index in [-0.39, 0.29) is 11.3 Å². The van der Waals surface area contributed by atoms with Gasteiger partial charge in [-0.2, -0.15) is 5.26 Å². The number of non-ortho nitro benzene ring substituents is 1. The second-order valence-electron chi connectivity index (χ2n) is 5.78. The number of carbonyl (C=O) groups is 1. The molecule has 0 radical (unpaired) electrons. The van der Waals surface area contributed by atoms with E-state index in [4.69, 9.17) is 5.26 Å². The number of anilines is 1. The predicted octanol–water partition coefficient (Wildman–Crippen LogP) is 3.25. The molecule has 1 aromatic rings. The second kappa shape index (κ2) is 8.67. The van der Waals surface area contributed by atoms with E-state index in [0.29, 0.717) is 11.7 Å². The van der Waals surface area contributed by atoms with Gasteiger partial charge in [-0.1, -0.05) is 25.7 Å². The number of nitriles is 1. The van der Waals surface area contributed by atoms with Crippen LogP contribution in [0.2, 0.25) is 0 Å². The van der Waals surface area contributed by atoms with Crippen molar-refractivity contribution in [2.75, 3.05) is 5.32 Å². The average Bonchev–Trinajstić information content (AvgIpc) is 2.84. The summed E-state index contributed by atoms with van der Waals surface area (Å²) in [5.41, 5.74) is 0.331. The Morgan fingerprint density at radius 2 is 1.83 bits per heavy atom. The van der Waals surface area contributed by atoms with Crippen LogP contribution in [0.5, 0.6) is 0 Å². The lowest BCUT2D eigenvalue weighted by atomic mass is 10.1. The Labute approximate surface area is 140 Å². The van der Waals surface area contributed by atoms with Crippen LogP contribution in [0.25, 0.3) is 0 Å². The molecule has 24 heavy (non-hydrogen) atoms. The maximum absolute atomic E-state index is 12.1. The number of rotatable bonds is 5. The Balaban J connectivity index is 1.96. The topological polar surface area (TPSA) is 108 Å². The molecule has 1 aliphatic carbocycles. The Kier molecular flexibility index (Phi) is 6.32. The van der Waals surface area contributed by atoms with Gasteiger partial charge >= 0.3 is 0 Å². The highest BCUT2D eigenvalue weighted by molar-refractivity contribution is 6.06. The highest BCUT2D eigenvalue weighted by Crippen LogP contribution is 2.18. The van der Waals surface area contributed by atoms with Crippen molar-refractivity contribution in [3.8, 4) is 6.07 Å². The van der Waals surface area contributed by atoms with E-state index in [9.17, 15) is 14.9 Å². The largest absolute Gasteiger partial charge is 0.387 e. The average molecular weight is 328 g/mol. The molecule has 0 unspecified atom stereocenters.